The van der Waals surface area contributed by atoms with Crippen LogP contribution < -0.4 is 0 Å². The van der Waals surface area contributed by atoms with Gasteiger partial charge in [0.15, 0.2) is 6.10 Å². The third kappa shape index (κ3) is 65.8. The van der Waals surface area contributed by atoms with E-state index < -0.39 is 6.10 Å². The standard InChI is InChI=1S/C73H132O6/c1-4-7-10-13-16-19-22-25-27-29-31-33-34-35-36-37-38-40-41-43-45-48-51-54-57-60-63-66-72(75)78-69-70(68-77-71(74)65-62-59-56-53-50-47-24-21-18-15-12-9-6-3)79-73(76)67-64-61-58-55-52-49-46-44-42-39-32-30-28-26-23-20-17-14-11-8-5-2/h9,12,18,21-22,25,29,31,47,50,70H,4-8,10-11,13-17,19-20,23-24,26-28,30,32-46,48-49,51-69H2,1-3H3/b12-9-,21-18-,25-22-,31-29-,50-47-. The van der Waals surface area contributed by atoms with Crippen molar-refractivity contribution in [2.45, 2.75) is 374 Å². The Kier molecular flexibility index (Phi) is 65.1. The van der Waals surface area contributed by atoms with E-state index in [2.05, 4.69) is 81.5 Å². The Labute approximate surface area is 491 Å². The van der Waals surface area contributed by atoms with Gasteiger partial charge < -0.3 is 14.2 Å². The summed E-state index contributed by atoms with van der Waals surface area (Å²) in [6.45, 7) is 6.55. The van der Waals surface area contributed by atoms with Gasteiger partial charge in [-0.25, -0.2) is 0 Å². The minimum Gasteiger partial charge on any atom is -0.462 e. The highest BCUT2D eigenvalue weighted by molar-refractivity contribution is 5.71. The molecule has 0 saturated heterocycles. The normalized spacial score (nSPS) is 12.4. The number of ether oxygens (including phenoxy) is 3. The van der Waals surface area contributed by atoms with E-state index in [1.165, 1.54) is 238 Å². The molecule has 0 amide bonds. The third-order valence-electron chi connectivity index (χ3n) is 15.5. The average molecular weight is 1110 g/mol. The molecule has 6 heteroatoms. The van der Waals surface area contributed by atoms with Gasteiger partial charge in [0.1, 0.15) is 13.2 Å². The lowest BCUT2D eigenvalue weighted by atomic mass is 10.0. The van der Waals surface area contributed by atoms with Gasteiger partial charge in [0.2, 0.25) is 0 Å². The van der Waals surface area contributed by atoms with Gasteiger partial charge in [-0.15, -0.1) is 0 Å². The molecule has 0 heterocycles. The van der Waals surface area contributed by atoms with Gasteiger partial charge in [0, 0.05) is 19.3 Å². The fourth-order valence-corrected chi connectivity index (χ4v) is 10.3. The monoisotopic (exact) mass is 1110 g/mol. The Morgan fingerprint density at radius 3 is 0.785 bits per heavy atom. The van der Waals surface area contributed by atoms with Crippen LogP contribution >= 0.6 is 0 Å². The molecular weight excluding hydrogens is 973 g/mol. The summed E-state index contributed by atoms with van der Waals surface area (Å²) in [4.78, 5) is 38.4. The first-order valence-electron chi connectivity index (χ1n) is 34.8. The van der Waals surface area contributed by atoms with Crippen molar-refractivity contribution in [2.24, 2.45) is 0 Å². The Morgan fingerprint density at radius 1 is 0.266 bits per heavy atom. The number of unbranched alkanes of at least 4 members (excludes halogenated alkanes) is 43. The van der Waals surface area contributed by atoms with Crippen LogP contribution in [0, 0.1) is 0 Å². The summed E-state index contributed by atoms with van der Waals surface area (Å²) >= 11 is 0. The highest BCUT2D eigenvalue weighted by Crippen LogP contribution is 2.18. The maximum absolute atomic E-state index is 12.9. The molecule has 460 valence electrons. The molecule has 0 aromatic carbocycles. The molecule has 0 aromatic heterocycles. The molecule has 79 heavy (non-hydrogen) atoms. The van der Waals surface area contributed by atoms with Crippen molar-refractivity contribution in [3.8, 4) is 0 Å². The van der Waals surface area contributed by atoms with Gasteiger partial charge in [-0.2, -0.15) is 0 Å². The first-order chi connectivity index (χ1) is 39.0. The fraction of sp³-hybridized carbons (Fsp3) is 0.822. The lowest BCUT2D eigenvalue weighted by Crippen LogP contribution is -2.30. The van der Waals surface area contributed by atoms with Crippen LogP contribution in [0.4, 0.5) is 0 Å². The van der Waals surface area contributed by atoms with Crippen molar-refractivity contribution in [3.63, 3.8) is 0 Å². The number of carbonyl (C=O) groups is 3. The lowest BCUT2D eigenvalue weighted by molar-refractivity contribution is -0.167. The molecular formula is C73H132O6. The van der Waals surface area contributed by atoms with Crippen LogP contribution in [0.3, 0.4) is 0 Å². The van der Waals surface area contributed by atoms with Crippen LogP contribution in [-0.4, -0.2) is 37.2 Å². The highest BCUT2D eigenvalue weighted by Gasteiger charge is 2.19. The maximum Gasteiger partial charge on any atom is 0.306 e. The number of carbonyl (C=O) groups excluding carboxylic acids is 3. The van der Waals surface area contributed by atoms with E-state index in [1.807, 2.05) is 0 Å². The number of hydrogen-bond acceptors (Lipinski definition) is 6. The van der Waals surface area contributed by atoms with E-state index in [9.17, 15) is 14.4 Å². The van der Waals surface area contributed by atoms with Crippen LogP contribution in [0.25, 0.3) is 0 Å². The SMILES string of the molecule is CC/C=C\C/C=C\C/C=C\CCCCCC(=O)OCC(COC(=O)CCCCCCCCCCCCCCCCC/C=C\C/C=C\CCCCCCC)OC(=O)CCCCCCCCCCCCCCCCCCCCCCC. The second kappa shape index (κ2) is 67.6. The van der Waals surface area contributed by atoms with Crippen molar-refractivity contribution in [1.82, 2.24) is 0 Å². The zero-order chi connectivity index (χ0) is 57.1. The molecule has 0 aliphatic rings. The fourth-order valence-electron chi connectivity index (χ4n) is 10.3. The molecule has 0 rings (SSSR count). The molecule has 0 aliphatic carbocycles. The van der Waals surface area contributed by atoms with Gasteiger partial charge in [-0.3, -0.25) is 14.4 Å². The van der Waals surface area contributed by atoms with E-state index in [0.29, 0.717) is 19.3 Å². The average Bonchev–Trinajstić information content (AvgIpc) is 3.45. The van der Waals surface area contributed by atoms with Gasteiger partial charge in [-0.05, 0) is 83.5 Å². The third-order valence-corrected chi connectivity index (χ3v) is 15.5. The second-order valence-corrected chi connectivity index (χ2v) is 23.4. The largest absolute Gasteiger partial charge is 0.462 e. The molecule has 0 radical (unpaired) electrons. The smallest absolute Gasteiger partial charge is 0.306 e. The molecule has 0 aromatic rings. The maximum atomic E-state index is 12.9. The predicted molar refractivity (Wildman–Crippen MR) is 344 cm³/mol. The molecule has 0 fully saturated rings. The Bertz CT molecular complexity index is 1410. The summed E-state index contributed by atoms with van der Waals surface area (Å²) < 4.78 is 16.9. The van der Waals surface area contributed by atoms with E-state index in [-0.39, 0.29) is 31.1 Å². The second-order valence-electron chi connectivity index (χ2n) is 23.4. The van der Waals surface area contributed by atoms with Gasteiger partial charge >= 0.3 is 17.9 Å². The predicted octanol–water partition coefficient (Wildman–Crippen LogP) is 23.9. The number of hydrogen-bond donors (Lipinski definition) is 0. The number of rotatable bonds is 64. The van der Waals surface area contributed by atoms with E-state index in [0.717, 1.165) is 89.9 Å². The molecule has 0 N–H and O–H groups in total. The van der Waals surface area contributed by atoms with Crippen LogP contribution in [0.2, 0.25) is 0 Å². The molecule has 1 unspecified atom stereocenters. The van der Waals surface area contributed by atoms with Crippen molar-refractivity contribution >= 4 is 17.9 Å². The van der Waals surface area contributed by atoms with Crippen LogP contribution in [0.1, 0.15) is 367 Å². The van der Waals surface area contributed by atoms with Crippen molar-refractivity contribution in [1.29, 1.82) is 0 Å². The summed E-state index contributed by atoms with van der Waals surface area (Å²) in [6.07, 6.45) is 86.8. The summed E-state index contributed by atoms with van der Waals surface area (Å²) in [5.41, 5.74) is 0. The molecule has 0 spiro atoms. The van der Waals surface area contributed by atoms with E-state index >= 15 is 0 Å². The zero-order valence-electron chi connectivity index (χ0n) is 52.9. The van der Waals surface area contributed by atoms with Crippen molar-refractivity contribution < 1.29 is 28.6 Å². The summed E-state index contributed by atoms with van der Waals surface area (Å²) in [6, 6.07) is 0. The van der Waals surface area contributed by atoms with Crippen LogP contribution in [0.15, 0.2) is 60.8 Å². The molecule has 0 bridgehead atoms. The van der Waals surface area contributed by atoms with Gasteiger partial charge in [0.25, 0.3) is 0 Å². The summed E-state index contributed by atoms with van der Waals surface area (Å²) in [7, 11) is 0. The molecule has 0 aliphatic heterocycles. The van der Waals surface area contributed by atoms with Crippen LogP contribution in [0.5, 0.6) is 0 Å². The Hall–Kier alpha value is -2.89. The minimum atomic E-state index is -0.785. The van der Waals surface area contributed by atoms with Gasteiger partial charge in [-0.1, -0.05) is 326 Å². The van der Waals surface area contributed by atoms with E-state index in [4.69, 9.17) is 14.2 Å². The number of esters is 3. The molecule has 1 atom stereocenters. The Balaban J connectivity index is 4.24. The highest BCUT2D eigenvalue weighted by atomic mass is 16.6. The first kappa shape index (κ1) is 76.1. The van der Waals surface area contributed by atoms with Crippen LogP contribution in [-0.2, 0) is 28.6 Å². The summed E-state index contributed by atoms with van der Waals surface area (Å²) in [5, 5.41) is 0. The lowest BCUT2D eigenvalue weighted by Gasteiger charge is -2.18. The summed E-state index contributed by atoms with van der Waals surface area (Å²) in [5.74, 6) is -0.887. The number of allylic oxidation sites excluding steroid dienone is 10. The molecule has 0 saturated carbocycles. The topological polar surface area (TPSA) is 78.9 Å². The zero-order valence-corrected chi connectivity index (χ0v) is 52.9. The Morgan fingerprint density at radius 2 is 0.494 bits per heavy atom. The quantitative estimate of drug-likeness (QED) is 0.0261. The van der Waals surface area contributed by atoms with Crippen molar-refractivity contribution in [3.05, 3.63) is 60.8 Å². The first-order valence-corrected chi connectivity index (χ1v) is 34.8. The van der Waals surface area contributed by atoms with Crippen molar-refractivity contribution in [2.75, 3.05) is 13.2 Å². The van der Waals surface area contributed by atoms with E-state index in [1.54, 1.807) is 0 Å². The molecule has 6 nitrogen and oxygen atoms in total. The minimum absolute atomic E-state index is 0.0796. The van der Waals surface area contributed by atoms with Gasteiger partial charge in [0.05, 0.1) is 0 Å².